The second-order valence-corrected chi connectivity index (χ2v) is 2.94. The average molecular weight is 185 g/mol. The van der Waals surface area contributed by atoms with Crippen molar-refractivity contribution in [3.63, 3.8) is 0 Å². The third-order valence-electron chi connectivity index (χ3n) is 1.73. The zero-order valence-corrected chi connectivity index (χ0v) is 8.08. The van der Waals surface area contributed by atoms with E-state index in [4.69, 9.17) is 12.2 Å². The van der Waals surface area contributed by atoms with E-state index in [1.165, 1.54) is 0 Å². The molecule has 0 atom stereocenters. The standard InChI is InChI=1S/C7H11N3OS/c1-4-5(6(11)8-2)9-10(3)7(4)12/h9H,1-3H3,(H,8,11). The molecule has 0 bridgehead atoms. The molecule has 1 aromatic rings. The van der Waals surface area contributed by atoms with Gasteiger partial charge in [-0.25, -0.2) is 0 Å². The van der Waals surface area contributed by atoms with Crippen molar-refractivity contribution in [2.45, 2.75) is 6.92 Å². The number of hydrogen-bond acceptors (Lipinski definition) is 2. The minimum Gasteiger partial charge on any atom is -0.354 e. The van der Waals surface area contributed by atoms with Gasteiger partial charge in [-0.05, 0) is 6.92 Å². The molecule has 0 saturated heterocycles. The number of rotatable bonds is 1. The number of aromatic amines is 1. The maximum atomic E-state index is 11.2. The van der Waals surface area contributed by atoms with E-state index >= 15 is 0 Å². The predicted octanol–water partition coefficient (Wildman–Crippen LogP) is 0.751. The van der Waals surface area contributed by atoms with E-state index < -0.39 is 0 Å². The molecule has 1 rings (SSSR count). The number of amides is 1. The topological polar surface area (TPSA) is 49.8 Å². The Morgan fingerprint density at radius 1 is 1.67 bits per heavy atom. The van der Waals surface area contributed by atoms with E-state index in [9.17, 15) is 4.79 Å². The van der Waals surface area contributed by atoms with Crippen LogP contribution in [0.4, 0.5) is 0 Å². The van der Waals surface area contributed by atoms with Crippen molar-refractivity contribution in [3.8, 4) is 0 Å². The van der Waals surface area contributed by atoms with Gasteiger partial charge in [-0.1, -0.05) is 12.2 Å². The van der Waals surface area contributed by atoms with E-state index in [1.807, 2.05) is 6.92 Å². The van der Waals surface area contributed by atoms with Gasteiger partial charge in [0, 0.05) is 19.7 Å². The lowest BCUT2D eigenvalue weighted by Crippen LogP contribution is -2.19. The van der Waals surface area contributed by atoms with Gasteiger partial charge in [-0.2, -0.15) is 0 Å². The first-order valence-electron chi connectivity index (χ1n) is 3.55. The highest BCUT2D eigenvalue weighted by molar-refractivity contribution is 7.71. The Morgan fingerprint density at radius 2 is 2.25 bits per heavy atom. The van der Waals surface area contributed by atoms with Gasteiger partial charge >= 0.3 is 0 Å². The van der Waals surface area contributed by atoms with Crippen LogP contribution in [0.2, 0.25) is 0 Å². The highest BCUT2D eigenvalue weighted by atomic mass is 32.1. The molecule has 0 unspecified atom stereocenters. The quantitative estimate of drug-likeness (QED) is 0.634. The Balaban J connectivity index is 3.27. The number of hydrogen-bond donors (Lipinski definition) is 2. The molecular formula is C7H11N3OS. The van der Waals surface area contributed by atoms with Gasteiger partial charge in [-0.3, -0.25) is 14.6 Å². The van der Waals surface area contributed by atoms with Crippen molar-refractivity contribution in [3.05, 3.63) is 15.9 Å². The zero-order chi connectivity index (χ0) is 9.30. The highest BCUT2D eigenvalue weighted by Crippen LogP contribution is 2.06. The van der Waals surface area contributed by atoms with Gasteiger partial charge in [-0.15, -0.1) is 0 Å². The van der Waals surface area contributed by atoms with Crippen LogP contribution in [0.1, 0.15) is 16.1 Å². The third-order valence-corrected chi connectivity index (χ3v) is 2.31. The molecule has 12 heavy (non-hydrogen) atoms. The summed E-state index contributed by atoms with van der Waals surface area (Å²) >= 11 is 5.03. The summed E-state index contributed by atoms with van der Waals surface area (Å²) in [6, 6.07) is 0. The molecule has 0 aliphatic rings. The fraction of sp³-hybridized carbons (Fsp3) is 0.429. The molecule has 0 aromatic carbocycles. The molecule has 4 nitrogen and oxygen atoms in total. The molecule has 1 aromatic heterocycles. The Hall–Kier alpha value is -1.10. The Morgan fingerprint density at radius 3 is 2.58 bits per heavy atom. The van der Waals surface area contributed by atoms with Crippen LogP contribution in [0, 0.1) is 11.6 Å². The van der Waals surface area contributed by atoms with Gasteiger partial charge in [0.1, 0.15) is 10.3 Å². The van der Waals surface area contributed by atoms with Crippen LogP contribution in [0.5, 0.6) is 0 Å². The Labute approximate surface area is 75.6 Å². The summed E-state index contributed by atoms with van der Waals surface area (Å²) in [5.74, 6) is -0.140. The Bertz CT molecular complexity index is 363. The van der Waals surface area contributed by atoms with Crippen LogP contribution in [0.25, 0.3) is 0 Å². The minimum absolute atomic E-state index is 0.140. The number of carbonyl (C=O) groups excluding carboxylic acids is 1. The second kappa shape index (κ2) is 3.10. The highest BCUT2D eigenvalue weighted by Gasteiger charge is 2.10. The summed E-state index contributed by atoms with van der Waals surface area (Å²) < 4.78 is 2.31. The summed E-state index contributed by atoms with van der Waals surface area (Å²) in [7, 11) is 3.37. The first kappa shape index (κ1) is 8.99. The van der Waals surface area contributed by atoms with Crippen LogP contribution in [0.3, 0.4) is 0 Å². The number of nitrogens with zero attached hydrogens (tertiary/aromatic N) is 1. The normalized spacial score (nSPS) is 9.92. The van der Waals surface area contributed by atoms with Crippen LogP contribution in [-0.2, 0) is 7.05 Å². The van der Waals surface area contributed by atoms with Crippen LogP contribution in [-0.4, -0.2) is 22.7 Å². The van der Waals surface area contributed by atoms with Crippen molar-refractivity contribution in [2.24, 2.45) is 7.05 Å². The van der Waals surface area contributed by atoms with Crippen molar-refractivity contribution in [2.75, 3.05) is 7.05 Å². The molecule has 0 aliphatic carbocycles. The minimum atomic E-state index is -0.140. The van der Waals surface area contributed by atoms with E-state index in [1.54, 1.807) is 18.8 Å². The first-order chi connectivity index (χ1) is 5.57. The van der Waals surface area contributed by atoms with Gasteiger partial charge in [0.2, 0.25) is 0 Å². The summed E-state index contributed by atoms with van der Waals surface area (Å²) in [5.41, 5.74) is 1.34. The molecule has 1 amide bonds. The number of aryl methyl sites for hydroxylation is 1. The number of carbonyl (C=O) groups is 1. The lowest BCUT2D eigenvalue weighted by atomic mass is 10.3. The molecule has 0 fully saturated rings. The van der Waals surface area contributed by atoms with Crippen molar-refractivity contribution in [1.29, 1.82) is 0 Å². The molecule has 0 saturated carbocycles. The lowest BCUT2D eigenvalue weighted by molar-refractivity contribution is 0.0957. The van der Waals surface area contributed by atoms with Gasteiger partial charge in [0.25, 0.3) is 5.91 Å². The smallest absolute Gasteiger partial charge is 0.269 e. The first-order valence-corrected chi connectivity index (χ1v) is 3.96. The second-order valence-electron chi connectivity index (χ2n) is 2.56. The SMILES string of the molecule is CNC(=O)c1[nH]n(C)c(=S)c1C. The maximum Gasteiger partial charge on any atom is 0.269 e. The summed E-state index contributed by atoms with van der Waals surface area (Å²) in [5, 5.41) is 5.40. The van der Waals surface area contributed by atoms with E-state index in [0.29, 0.717) is 10.3 Å². The van der Waals surface area contributed by atoms with Gasteiger partial charge < -0.3 is 5.32 Å². The van der Waals surface area contributed by atoms with Gasteiger partial charge in [0.05, 0.1) is 0 Å². The zero-order valence-electron chi connectivity index (χ0n) is 7.26. The number of nitrogens with one attached hydrogen (secondary N) is 2. The predicted molar refractivity (Wildman–Crippen MR) is 48.7 cm³/mol. The van der Waals surface area contributed by atoms with Gasteiger partial charge in [0.15, 0.2) is 0 Å². The van der Waals surface area contributed by atoms with Crippen molar-refractivity contribution in [1.82, 2.24) is 15.1 Å². The number of H-pyrrole nitrogens is 1. The summed E-state index contributed by atoms with van der Waals surface area (Å²) in [4.78, 5) is 11.2. The molecule has 66 valence electrons. The largest absolute Gasteiger partial charge is 0.354 e. The van der Waals surface area contributed by atoms with E-state index in [-0.39, 0.29) is 5.91 Å². The van der Waals surface area contributed by atoms with Crippen LogP contribution in [0.15, 0.2) is 0 Å². The molecule has 0 radical (unpaired) electrons. The maximum absolute atomic E-state index is 11.2. The average Bonchev–Trinajstić information content (AvgIpc) is 2.32. The van der Waals surface area contributed by atoms with Crippen LogP contribution >= 0.6 is 12.2 Å². The molecule has 0 aliphatic heterocycles. The molecule has 1 heterocycles. The molecule has 2 N–H and O–H groups in total. The van der Waals surface area contributed by atoms with Crippen LogP contribution < -0.4 is 5.32 Å². The van der Waals surface area contributed by atoms with E-state index in [2.05, 4.69) is 10.4 Å². The lowest BCUT2D eigenvalue weighted by Gasteiger charge is -1.95. The molecule has 0 spiro atoms. The number of aromatic nitrogens is 2. The summed E-state index contributed by atoms with van der Waals surface area (Å²) in [6.45, 7) is 1.82. The summed E-state index contributed by atoms with van der Waals surface area (Å²) in [6.07, 6.45) is 0. The Kier molecular flexibility index (Phi) is 2.32. The molecule has 5 heteroatoms. The fourth-order valence-corrected chi connectivity index (χ4v) is 1.15. The monoisotopic (exact) mass is 185 g/mol. The third kappa shape index (κ3) is 1.27. The van der Waals surface area contributed by atoms with Crippen molar-refractivity contribution < 1.29 is 4.79 Å². The molecular weight excluding hydrogens is 174 g/mol. The fourth-order valence-electron chi connectivity index (χ4n) is 1.01. The van der Waals surface area contributed by atoms with E-state index in [0.717, 1.165) is 5.56 Å². The van der Waals surface area contributed by atoms with Crippen molar-refractivity contribution >= 4 is 18.1 Å².